The van der Waals surface area contributed by atoms with Crippen LogP contribution in [0, 0.1) is 0 Å². The average molecular weight is 576 g/mol. The zero-order valence-electron chi connectivity index (χ0n) is 24.2. The summed E-state index contributed by atoms with van der Waals surface area (Å²) >= 11 is 0. The van der Waals surface area contributed by atoms with Crippen LogP contribution in [0.3, 0.4) is 0 Å². The fourth-order valence-electron chi connectivity index (χ4n) is 6.23. The molecule has 7 aromatic carbocycles. The van der Waals surface area contributed by atoms with E-state index in [-0.39, 0.29) is 0 Å². The molecule has 5 nitrogen and oxygen atoms in total. The lowest BCUT2D eigenvalue weighted by Crippen LogP contribution is -1.97. The topological polar surface area (TPSA) is 56.5 Å². The molecule has 9 aromatic rings. The van der Waals surface area contributed by atoms with Gasteiger partial charge in [0.25, 0.3) is 0 Å². The number of benzene rings is 7. The molecule has 45 heavy (non-hydrogen) atoms. The Kier molecular flexibility index (Phi) is 5.74. The quantitative estimate of drug-likeness (QED) is 0.196. The zero-order chi connectivity index (χ0) is 29.7. The van der Waals surface area contributed by atoms with E-state index in [4.69, 9.17) is 20.2 Å². The van der Waals surface area contributed by atoms with E-state index in [2.05, 4.69) is 91.0 Å². The summed E-state index contributed by atoms with van der Waals surface area (Å²) in [6.45, 7) is 0. The predicted octanol–water partition coefficient (Wildman–Crippen LogP) is 9.67. The lowest BCUT2D eigenvalue weighted by Gasteiger charge is -2.11. The molecule has 0 radical (unpaired) electrons. The van der Waals surface area contributed by atoms with E-state index in [1.807, 2.05) is 60.7 Å². The number of aromatic nitrogens is 5. The lowest BCUT2D eigenvalue weighted by molar-refractivity contribution is 0.766. The van der Waals surface area contributed by atoms with Gasteiger partial charge in [-0.05, 0) is 63.7 Å². The van der Waals surface area contributed by atoms with Gasteiger partial charge in [-0.15, -0.1) is 10.2 Å². The number of hydrogen-bond donors (Lipinski definition) is 0. The van der Waals surface area contributed by atoms with Gasteiger partial charge < -0.3 is 0 Å². The summed E-state index contributed by atoms with van der Waals surface area (Å²) in [6.07, 6.45) is 0. The van der Waals surface area contributed by atoms with Gasteiger partial charge in [0.05, 0.1) is 16.9 Å². The smallest absolute Gasteiger partial charge is 0.160 e. The van der Waals surface area contributed by atoms with Gasteiger partial charge in [-0.25, -0.2) is 9.97 Å². The highest BCUT2D eigenvalue weighted by molar-refractivity contribution is 6.18. The molecule has 2 aromatic heterocycles. The van der Waals surface area contributed by atoms with Crippen molar-refractivity contribution in [2.45, 2.75) is 0 Å². The number of fused-ring (bicyclic) bond motifs is 6. The van der Waals surface area contributed by atoms with Crippen molar-refractivity contribution in [1.29, 1.82) is 0 Å². The van der Waals surface area contributed by atoms with Gasteiger partial charge in [0.2, 0.25) is 0 Å². The van der Waals surface area contributed by atoms with Crippen molar-refractivity contribution >= 4 is 43.5 Å². The highest BCUT2D eigenvalue weighted by atomic mass is 15.5. The molecule has 0 N–H and O–H groups in total. The second-order valence-electron chi connectivity index (χ2n) is 11.2. The maximum atomic E-state index is 5.10. The number of nitrogens with zero attached hydrogens (tertiary/aromatic N) is 5. The molecule has 0 amide bonds. The van der Waals surface area contributed by atoms with E-state index in [0.717, 1.165) is 77.1 Å². The lowest BCUT2D eigenvalue weighted by atomic mass is 9.95. The van der Waals surface area contributed by atoms with Gasteiger partial charge >= 0.3 is 0 Å². The van der Waals surface area contributed by atoms with Crippen LogP contribution in [0.1, 0.15) is 0 Å². The molecule has 0 spiro atoms. The Morgan fingerprint density at radius 3 is 2.00 bits per heavy atom. The third-order valence-electron chi connectivity index (χ3n) is 8.44. The SMILES string of the molecule is c1ccc(-c2nc(-c3cccc(-c4ccc5ccc6ccc7nn(-c8ccccc8)nc7c6c5c4)c3)nc3ccccc23)cc1. The summed E-state index contributed by atoms with van der Waals surface area (Å²) in [5.41, 5.74) is 8.83. The van der Waals surface area contributed by atoms with Gasteiger partial charge in [-0.3, -0.25) is 0 Å². The van der Waals surface area contributed by atoms with Gasteiger partial charge in [0.1, 0.15) is 11.0 Å². The Bertz CT molecular complexity index is 2540. The van der Waals surface area contributed by atoms with E-state index in [1.54, 1.807) is 4.80 Å². The predicted molar refractivity (Wildman–Crippen MR) is 183 cm³/mol. The molecule has 0 unspecified atom stereocenters. The Morgan fingerprint density at radius 1 is 0.422 bits per heavy atom. The van der Waals surface area contributed by atoms with Crippen LogP contribution < -0.4 is 0 Å². The Balaban J connectivity index is 1.20. The summed E-state index contributed by atoms with van der Waals surface area (Å²) in [5, 5.41) is 15.4. The van der Waals surface area contributed by atoms with Crippen LogP contribution in [-0.4, -0.2) is 25.0 Å². The fraction of sp³-hybridized carbons (Fsp3) is 0. The van der Waals surface area contributed by atoms with E-state index < -0.39 is 0 Å². The highest BCUT2D eigenvalue weighted by Crippen LogP contribution is 2.35. The normalized spacial score (nSPS) is 11.6. The minimum absolute atomic E-state index is 0.708. The van der Waals surface area contributed by atoms with Gasteiger partial charge in [0.15, 0.2) is 5.82 Å². The number of rotatable bonds is 4. The second kappa shape index (κ2) is 10.2. The number of hydrogen-bond acceptors (Lipinski definition) is 4. The summed E-state index contributed by atoms with van der Waals surface area (Å²) in [6, 6.07) is 52.3. The average Bonchev–Trinajstić information content (AvgIpc) is 3.56. The molecule has 0 aliphatic heterocycles. The van der Waals surface area contributed by atoms with Crippen LogP contribution in [0.25, 0.3) is 82.9 Å². The fourth-order valence-corrected chi connectivity index (χ4v) is 6.23. The Labute approximate surface area is 259 Å². The zero-order valence-corrected chi connectivity index (χ0v) is 24.2. The molecule has 2 heterocycles. The minimum atomic E-state index is 0.708. The van der Waals surface area contributed by atoms with Crippen molar-refractivity contribution < 1.29 is 0 Å². The third-order valence-corrected chi connectivity index (χ3v) is 8.44. The summed E-state index contributed by atoms with van der Waals surface area (Å²) in [7, 11) is 0. The van der Waals surface area contributed by atoms with Crippen molar-refractivity contribution in [2.24, 2.45) is 0 Å². The summed E-state index contributed by atoms with van der Waals surface area (Å²) in [5.74, 6) is 0.708. The molecular formula is C40H25N5. The van der Waals surface area contributed by atoms with Gasteiger partial charge in [-0.2, -0.15) is 4.80 Å². The van der Waals surface area contributed by atoms with Crippen molar-refractivity contribution in [3.05, 3.63) is 152 Å². The van der Waals surface area contributed by atoms with Crippen LogP contribution in [0.15, 0.2) is 152 Å². The first-order chi connectivity index (χ1) is 22.3. The molecule has 0 atom stereocenters. The molecule has 9 rings (SSSR count). The van der Waals surface area contributed by atoms with E-state index in [1.165, 1.54) is 0 Å². The molecule has 0 saturated carbocycles. The first-order valence-corrected chi connectivity index (χ1v) is 15.0. The van der Waals surface area contributed by atoms with E-state index in [9.17, 15) is 0 Å². The van der Waals surface area contributed by atoms with Crippen molar-refractivity contribution in [1.82, 2.24) is 25.0 Å². The third kappa shape index (κ3) is 4.33. The van der Waals surface area contributed by atoms with E-state index >= 15 is 0 Å². The van der Waals surface area contributed by atoms with Crippen LogP contribution in [0.4, 0.5) is 0 Å². The Hall–Kier alpha value is -6.20. The monoisotopic (exact) mass is 575 g/mol. The molecule has 0 bridgehead atoms. The summed E-state index contributed by atoms with van der Waals surface area (Å²) in [4.78, 5) is 11.8. The van der Waals surface area contributed by atoms with Crippen LogP contribution >= 0.6 is 0 Å². The van der Waals surface area contributed by atoms with Crippen LogP contribution in [0.2, 0.25) is 0 Å². The van der Waals surface area contributed by atoms with Crippen LogP contribution in [-0.2, 0) is 0 Å². The van der Waals surface area contributed by atoms with Gasteiger partial charge in [0, 0.05) is 21.9 Å². The summed E-state index contributed by atoms with van der Waals surface area (Å²) < 4.78 is 0. The highest BCUT2D eigenvalue weighted by Gasteiger charge is 2.14. The largest absolute Gasteiger partial charge is 0.228 e. The first kappa shape index (κ1) is 25.3. The van der Waals surface area contributed by atoms with Gasteiger partial charge in [-0.1, -0.05) is 115 Å². The van der Waals surface area contributed by atoms with Crippen LogP contribution in [0.5, 0.6) is 0 Å². The molecule has 5 heteroatoms. The van der Waals surface area contributed by atoms with Crippen molar-refractivity contribution in [3.63, 3.8) is 0 Å². The minimum Gasteiger partial charge on any atom is -0.228 e. The maximum Gasteiger partial charge on any atom is 0.160 e. The van der Waals surface area contributed by atoms with Crippen molar-refractivity contribution in [3.8, 4) is 39.5 Å². The standard InChI is InChI=1S/C40H25N5/c1-3-10-28(11-4-1)38-33-16-7-8-17-35(33)41-40(42-38)31-13-9-12-29(24-31)30-21-19-26-18-20-27-22-23-36-39(37(27)34(26)25-30)44-45(43-36)32-14-5-2-6-15-32/h1-25H. The Morgan fingerprint density at radius 2 is 1.11 bits per heavy atom. The molecule has 0 aliphatic rings. The number of para-hydroxylation sites is 2. The van der Waals surface area contributed by atoms with Crippen molar-refractivity contribution in [2.75, 3.05) is 0 Å². The molecule has 210 valence electrons. The maximum absolute atomic E-state index is 5.10. The second-order valence-corrected chi connectivity index (χ2v) is 11.2. The molecular weight excluding hydrogens is 550 g/mol. The molecule has 0 aliphatic carbocycles. The molecule has 0 saturated heterocycles. The first-order valence-electron chi connectivity index (χ1n) is 15.0. The molecule has 0 fully saturated rings. The van der Waals surface area contributed by atoms with E-state index in [0.29, 0.717) is 5.82 Å².